The molecule has 13 heavy (non-hydrogen) atoms. The van der Waals surface area contributed by atoms with Gasteiger partial charge in [-0.25, -0.2) is 0 Å². The van der Waals surface area contributed by atoms with E-state index in [-0.39, 0.29) is 5.91 Å². The molecule has 0 spiro atoms. The standard InChI is InChI=1S/C7H11N3O.C2H6/c1-2-9-7(11)6-5-8-3-4-10-6;1-2/h4-5,8H,2-3H2,1H3,(H,9,11);1-2H3. The van der Waals surface area contributed by atoms with Gasteiger partial charge in [-0.05, 0) is 6.92 Å². The maximum Gasteiger partial charge on any atom is 0.271 e. The van der Waals surface area contributed by atoms with Crippen LogP contribution in [-0.2, 0) is 4.79 Å². The Balaban J connectivity index is 0.000000671. The van der Waals surface area contributed by atoms with Gasteiger partial charge in [-0.15, -0.1) is 0 Å². The summed E-state index contributed by atoms with van der Waals surface area (Å²) in [4.78, 5) is 15.0. The van der Waals surface area contributed by atoms with Gasteiger partial charge in [0.15, 0.2) is 0 Å². The monoisotopic (exact) mass is 183 g/mol. The number of hydrogen-bond donors (Lipinski definition) is 2. The largest absolute Gasteiger partial charge is 0.384 e. The molecule has 0 bridgehead atoms. The zero-order chi connectivity index (χ0) is 10.1. The quantitative estimate of drug-likeness (QED) is 0.661. The highest BCUT2D eigenvalue weighted by molar-refractivity contribution is 5.94. The summed E-state index contributed by atoms with van der Waals surface area (Å²) in [5, 5.41) is 5.56. The molecule has 0 saturated heterocycles. The van der Waals surface area contributed by atoms with Crippen LogP contribution in [-0.4, -0.2) is 25.2 Å². The highest BCUT2D eigenvalue weighted by Gasteiger charge is 2.06. The number of rotatable bonds is 2. The molecule has 1 heterocycles. The van der Waals surface area contributed by atoms with Crippen molar-refractivity contribution in [2.24, 2.45) is 4.99 Å². The second kappa shape index (κ2) is 7.34. The van der Waals surface area contributed by atoms with Crippen LogP contribution in [0.1, 0.15) is 20.8 Å². The average molecular weight is 183 g/mol. The Morgan fingerprint density at radius 3 is 2.85 bits per heavy atom. The molecule has 0 fully saturated rings. The van der Waals surface area contributed by atoms with Crippen LogP contribution in [0.2, 0.25) is 0 Å². The molecule has 0 aromatic rings. The fraction of sp³-hybridized carbons (Fsp3) is 0.556. The maximum absolute atomic E-state index is 11.1. The van der Waals surface area contributed by atoms with E-state index < -0.39 is 0 Å². The van der Waals surface area contributed by atoms with Crippen LogP contribution in [0.5, 0.6) is 0 Å². The second-order valence-corrected chi connectivity index (χ2v) is 2.11. The van der Waals surface area contributed by atoms with Gasteiger partial charge in [0.1, 0.15) is 5.70 Å². The van der Waals surface area contributed by atoms with Crippen LogP contribution >= 0.6 is 0 Å². The SMILES string of the molecule is CC.CCNC(=O)C1=CNCC=N1. The van der Waals surface area contributed by atoms with Gasteiger partial charge in [-0.2, -0.15) is 0 Å². The number of carbonyl (C=O) groups is 1. The Bertz CT molecular complexity index is 209. The lowest BCUT2D eigenvalue weighted by molar-refractivity contribution is -0.117. The number of amides is 1. The lowest BCUT2D eigenvalue weighted by Crippen LogP contribution is -2.27. The van der Waals surface area contributed by atoms with E-state index in [9.17, 15) is 4.79 Å². The molecule has 4 nitrogen and oxygen atoms in total. The Hall–Kier alpha value is -1.32. The summed E-state index contributed by atoms with van der Waals surface area (Å²) in [6, 6.07) is 0. The molecule has 0 aromatic heterocycles. The zero-order valence-electron chi connectivity index (χ0n) is 8.42. The zero-order valence-corrected chi connectivity index (χ0v) is 8.42. The molecule has 0 radical (unpaired) electrons. The van der Waals surface area contributed by atoms with Gasteiger partial charge < -0.3 is 10.6 Å². The van der Waals surface area contributed by atoms with E-state index in [2.05, 4.69) is 15.6 Å². The molecule has 0 aliphatic carbocycles. The van der Waals surface area contributed by atoms with Crippen molar-refractivity contribution in [2.75, 3.05) is 13.1 Å². The number of nitrogens with one attached hydrogen (secondary N) is 2. The molecular weight excluding hydrogens is 166 g/mol. The first-order valence-electron chi connectivity index (χ1n) is 4.59. The topological polar surface area (TPSA) is 53.5 Å². The minimum Gasteiger partial charge on any atom is -0.384 e. The summed E-state index contributed by atoms with van der Waals surface area (Å²) in [6.07, 6.45) is 3.29. The predicted molar refractivity (Wildman–Crippen MR) is 54.6 cm³/mol. The van der Waals surface area contributed by atoms with Gasteiger partial charge in [0, 0.05) is 25.5 Å². The van der Waals surface area contributed by atoms with Gasteiger partial charge in [0.25, 0.3) is 5.91 Å². The van der Waals surface area contributed by atoms with Crippen molar-refractivity contribution in [1.82, 2.24) is 10.6 Å². The highest BCUT2D eigenvalue weighted by atomic mass is 16.2. The number of hydrogen-bond acceptors (Lipinski definition) is 3. The number of likely N-dealkylation sites (N-methyl/N-ethyl adjacent to an activating group) is 1. The van der Waals surface area contributed by atoms with Crippen molar-refractivity contribution in [1.29, 1.82) is 0 Å². The van der Waals surface area contributed by atoms with Crippen LogP contribution in [0.25, 0.3) is 0 Å². The molecule has 1 aliphatic heterocycles. The smallest absolute Gasteiger partial charge is 0.271 e. The Labute approximate surface area is 79.1 Å². The molecule has 74 valence electrons. The van der Waals surface area contributed by atoms with Crippen molar-refractivity contribution in [2.45, 2.75) is 20.8 Å². The van der Waals surface area contributed by atoms with Crippen LogP contribution in [0.3, 0.4) is 0 Å². The van der Waals surface area contributed by atoms with Crippen LogP contribution < -0.4 is 10.6 Å². The molecule has 1 aliphatic rings. The first-order valence-corrected chi connectivity index (χ1v) is 4.59. The number of nitrogens with zero attached hydrogens (tertiary/aromatic N) is 1. The normalized spacial score (nSPS) is 13.3. The van der Waals surface area contributed by atoms with E-state index in [0.29, 0.717) is 18.8 Å². The van der Waals surface area contributed by atoms with E-state index in [1.165, 1.54) is 0 Å². The second-order valence-electron chi connectivity index (χ2n) is 2.11. The maximum atomic E-state index is 11.1. The first-order chi connectivity index (χ1) is 6.34. The van der Waals surface area contributed by atoms with Crippen LogP contribution in [0.4, 0.5) is 0 Å². The predicted octanol–water partition coefficient (Wildman–Crippen LogP) is 0.664. The summed E-state index contributed by atoms with van der Waals surface area (Å²) >= 11 is 0. The van der Waals surface area contributed by atoms with Gasteiger partial charge in [0.2, 0.25) is 0 Å². The van der Waals surface area contributed by atoms with Crippen LogP contribution in [0, 0.1) is 0 Å². The minimum atomic E-state index is -0.129. The third-order valence-corrected chi connectivity index (χ3v) is 1.25. The van der Waals surface area contributed by atoms with Crippen molar-refractivity contribution in [3.63, 3.8) is 0 Å². The number of carbonyl (C=O) groups excluding carboxylic acids is 1. The summed E-state index contributed by atoms with van der Waals surface area (Å²) < 4.78 is 0. The van der Waals surface area contributed by atoms with Crippen molar-refractivity contribution >= 4 is 12.1 Å². The lowest BCUT2D eigenvalue weighted by Gasteiger charge is -2.06. The first kappa shape index (κ1) is 11.7. The molecule has 0 saturated carbocycles. The molecule has 1 amide bonds. The molecule has 0 unspecified atom stereocenters. The molecule has 2 N–H and O–H groups in total. The van der Waals surface area contributed by atoms with E-state index in [1.807, 2.05) is 20.8 Å². The Morgan fingerprint density at radius 2 is 2.38 bits per heavy atom. The van der Waals surface area contributed by atoms with Crippen molar-refractivity contribution < 1.29 is 4.79 Å². The molecule has 0 atom stereocenters. The fourth-order valence-corrected chi connectivity index (χ4v) is 0.765. The third kappa shape index (κ3) is 4.30. The summed E-state index contributed by atoms with van der Waals surface area (Å²) in [6.45, 7) is 7.20. The third-order valence-electron chi connectivity index (χ3n) is 1.25. The number of aliphatic imine (C=N–C) groups is 1. The van der Waals surface area contributed by atoms with Gasteiger partial charge in [0.05, 0.1) is 0 Å². The van der Waals surface area contributed by atoms with E-state index in [4.69, 9.17) is 0 Å². The van der Waals surface area contributed by atoms with E-state index >= 15 is 0 Å². The summed E-state index contributed by atoms with van der Waals surface area (Å²) in [5.74, 6) is -0.129. The Morgan fingerprint density at radius 1 is 1.69 bits per heavy atom. The highest BCUT2D eigenvalue weighted by Crippen LogP contribution is 1.96. The van der Waals surface area contributed by atoms with Crippen molar-refractivity contribution in [3.8, 4) is 0 Å². The molecule has 0 aromatic carbocycles. The average Bonchev–Trinajstić information content (AvgIpc) is 2.23. The summed E-state index contributed by atoms with van der Waals surface area (Å²) in [7, 11) is 0. The molecule has 1 rings (SSSR count). The van der Waals surface area contributed by atoms with Gasteiger partial charge in [-0.3, -0.25) is 9.79 Å². The minimum absolute atomic E-state index is 0.129. The van der Waals surface area contributed by atoms with Crippen molar-refractivity contribution in [3.05, 3.63) is 11.9 Å². The lowest BCUT2D eigenvalue weighted by atomic mass is 10.4. The fourth-order valence-electron chi connectivity index (χ4n) is 0.765. The van der Waals surface area contributed by atoms with Gasteiger partial charge in [-0.1, -0.05) is 13.8 Å². The van der Waals surface area contributed by atoms with Crippen LogP contribution in [0.15, 0.2) is 16.9 Å². The molecule has 4 heteroatoms. The van der Waals surface area contributed by atoms with E-state index in [0.717, 1.165) is 0 Å². The summed E-state index contributed by atoms with van der Waals surface area (Å²) in [5.41, 5.74) is 0.443. The Kier molecular flexibility index (Phi) is 6.59. The van der Waals surface area contributed by atoms with Gasteiger partial charge >= 0.3 is 0 Å². The van der Waals surface area contributed by atoms with E-state index in [1.54, 1.807) is 12.4 Å². The molecular formula is C9H17N3O.